The van der Waals surface area contributed by atoms with E-state index in [-0.39, 0.29) is 0 Å². The smallest absolute Gasteiger partial charge is 0.0722 e. The van der Waals surface area contributed by atoms with Gasteiger partial charge in [0, 0.05) is 18.1 Å². The Morgan fingerprint density at radius 3 is 3.00 bits per heavy atom. The SMILES string of the molecule is Clc1ccnc2cc(C3=CCNCC3)ccc12. The van der Waals surface area contributed by atoms with Crippen molar-refractivity contribution in [1.82, 2.24) is 10.3 Å². The summed E-state index contributed by atoms with van der Waals surface area (Å²) in [6.07, 6.45) is 5.08. The molecule has 86 valence electrons. The maximum absolute atomic E-state index is 6.13. The van der Waals surface area contributed by atoms with Crippen LogP contribution in [0.5, 0.6) is 0 Å². The van der Waals surface area contributed by atoms with E-state index in [4.69, 9.17) is 11.6 Å². The number of fused-ring (bicyclic) bond motifs is 1. The zero-order valence-electron chi connectivity index (χ0n) is 9.41. The summed E-state index contributed by atoms with van der Waals surface area (Å²) >= 11 is 6.13. The number of nitrogens with one attached hydrogen (secondary N) is 1. The van der Waals surface area contributed by atoms with Crippen molar-refractivity contribution in [1.29, 1.82) is 0 Å². The van der Waals surface area contributed by atoms with E-state index in [1.165, 1.54) is 11.1 Å². The summed E-state index contributed by atoms with van der Waals surface area (Å²) in [7, 11) is 0. The highest BCUT2D eigenvalue weighted by Gasteiger charge is 2.07. The molecule has 0 bridgehead atoms. The molecule has 1 aliphatic heterocycles. The fourth-order valence-corrected chi connectivity index (χ4v) is 2.41. The van der Waals surface area contributed by atoms with E-state index >= 15 is 0 Å². The number of hydrogen-bond donors (Lipinski definition) is 1. The van der Waals surface area contributed by atoms with Gasteiger partial charge in [0.05, 0.1) is 10.5 Å². The molecule has 2 aromatic rings. The molecule has 0 unspecified atom stereocenters. The van der Waals surface area contributed by atoms with Crippen LogP contribution in [0.4, 0.5) is 0 Å². The van der Waals surface area contributed by atoms with E-state index in [1.54, 1.807) is 6.20 Å². The van der Waals surface area contributed by atoms with E-state index in [9.17, 15) is 0 Å². The number of nitrogens with zero attached hydrogens (tertiary/aromatic N) is 1. The van der Waals surface area contributed by atoms with Crippen LogP contribution in [-0.4, -0.2) is 18.1 Å². The number of halogens is 1. The van der Waals surface area contributed by atoms with Crippen LogP contribution in [0.3, 0.4) is 0 Å². The molecule has 3 heteroatoms. The van der Waals surface area contributed by atoms with Crippen LogP contribution in [0.2, 0.25) is 5.02 Å². The third kappa shape index (κ3) is 2.06. The fraction of sp³-hybridized carbons (Fsp3) is 0.214. The molecule has 1 aromatic heterocycles. The summed E-state index contributed by atoms with van der Waals surface area (Å²) in [6.45, 7) is 2.00. The van der Waals surface area contributed by atoms with E-state index in [2.05, 4.69) is 34.6 Å². The Labute approximate surface area is 105 Å². The van der Waals surface area contributed by atoms with Gasteiger partial charge in [-0.25, -0.2) is 0 Å². The van der Waals surface area contributed by atoms with Crippen molar-refractivity contribution in [3.8, 4) is 0 Å². The Hall–Kier alpha value is -1.38. The maximum atomic E-state index is 6.13. The molecule has 1 aromatic carbocycles. The van der Waals surface area contributed by atoms with Crippen LogP contribution in [0.1, 0.15) is 12.0 Å². The molecule has 0 radical (unpaired) electrons. The first-order chi connectivity index (χ1) is 8.34. The first-order valence-electron chi connectivity index (χ1n) is 5.79. The molecule has 3 rings (SSSR count). The van der Waals surface area contributed by atoms with Crippen LogP contribution in [-0.2, 0) is 0 Å². The molecule has 0 amide bonds. The Morgan fingerprint density at radius 1 is 1.24 bits per heavy atom. The van der Waals surface area contributed by atoms with Crippen LogP contribution in [0, 0.1) is 0 Å². The second-order valence-corrected chi connectivity index (χ2v) is 4.62. The van der Waals surface area contributed by atoms with Gasteiger partial charge in [-0.05, 0) is 36.2 Å². The molecular weight excluding hydrogens is 232 g/mol. The predicted octanol–water partition coefficient (Wildman–Crippen LogP) is 3.26. The van der Waals surface area contributed by atoms with Gasteiger partial charge in [-0.1, -0.05) is 29.8 Å². The van der Waals surface area contributed by atoms with Crippen LogP contribution >= 0.6 is 11.6 Å². The molecule has 17 heavy (non-hydrogen) atoms. The van der Waals surface area contributed by atoms with E-state index in [0.717, 1.165) is 35.4 Å². The number of pyridine rings is 1. The zero-order chi connectivity index (χ0) is 11.7. The molecule has 0 fully saturated rings. The Morgan fingerprint density at radius 2 is 2.18 bits per heavy atom. The molecule has 0 spiro atoms. The van der Waals surface area contributed by atoms with Crippen LogP contribution < -0.4 is 5.32 Å². The first-order valence-corrected chi connectivity index (χ1v) is 6.17. The van der Waals surface area contributed by atoms with Crippen LogP contribution in [0.25, 0.3) is 16.5 Å². The van der Waals surface area contributed by atoms with Gasteiger partial charge >= 0.3 is 0 Å². The third-order valence-corrected chi connectivity index (χ3v) is 3.45. The molecule has 0 saturated carbocycles. The lowest BCUT2D eigenvalue weighted by Gasteiger charge is -2.14. The van der Waals surface area contributed by atoms with Crippen molar-refractivity contribution < 1.29 is 0 Å². The topological polar surface area (TPSA) is 24.9 Å². The van der Waals surface area contributed by atoms with Gasteiger partial charge in [0.2, 0.25) is 0 Å². The zero-order valence-corrected chi connectivity index (χ0v) is 10.2. The maximum Gasteiger partial charge on any atom is 0.0722 e. The minimum atomic E-state index is 0.765. The van der Waals surface area contributed by atoms with Gasteiger partial charge in [0.15, 0.2) is 0 Å². The monoisotopic (exact) mass is 244 g/mol. The quantitative estimate of drug-likeness (QED) is 0.833. The van der Waals surface area contributed by atoms with Crippen LogP contribution in [0.15, 0.2) is 36.5 Å². The van der Waals surface area contributed by atoms with Crippen molar-refractivity contribution in [3.05, 3.63) is 47.1 Å². The van der Waals surface area contributed by atoms with E-state index in [1.807, 2.05) is 6.07 Å². The standard InChI is InChI=1S/C14H13ClN2/c15-13-5-8-17-14-9-11(1-2-12(13)14)10-3-6-16-7-4-10/h1-3,5,8-9,16H,4,6-7H2. The van der Waals surface area contributed by atoms with Crippen molar-refractivity contribution in [2.45, 2.75) is 6.42 Å². The Kier molecular flexibility index (Phi) is 2.83. The Bertz CT molecular complexity index is 590. The second kappa shape index (κ2) is 4.47. The summed E-state index contributed by atoms with van der Waals surface area (Å²) in [5, 5.41) is 5.10. The minimum Gasteiger partial charge on any atom is -0.313 e. The largest absolute Gasteiger partial charge is 0.313 e. The van der Waals surface area contributed by atoms with Crippen molar-refractivity contribution in [3.63, 3.8) is 0 Å². The summed E-state index contributed by atoms with van der Waals surface area (Å²) in [5.41, 5.74) is 3.62. The lowest BCUT2D eigenvalue weighted by molar-refractivity contribution is 0.738. The van der Waals surface area contributed by atoms with Gasteiger partial charge in [0.1, 0.15) is 0 Å². The third-order valence-electron chi connectivity index (χ3n) is 3.12. The number of benzene rings is 1. The highest BCUT2D eigenvalue weighted by molar-refractivity contribution is 6.35. The first kappa shape index (κ1) is 10.8. The van der Waals surface area contributed by atoms with Gasteiger partial charge in [0.25, 0.3) is 0 Å². The number of hydrogen-bond acceptors (Lipinski definition) is 2. The highest BCUT2D eigenvalue weighted by atomic mass is 35.5. The summed E-state index contributed by atoms with van der Waals surface area (Å²) in [4.78, 5) is 4.37. The van der Waals surface area contributed by atoms with Gasteiger partial charge < -0.3 is 5.32 Å². The predicted molar refractivity (Wildman–Crippen MR) is 72.2 cm³/mol. The molecule has 2 heterocycles. The van der Waals surface area contributed by atoms with Gasteiger partial charge in [-0.2, -0.15) is 0 Å². The number of aromatic nitrogens is 1. The fourth-order valence-electron chi connectivity index (χ4n) is 2.20. The van der Waals surface area contributed by atoms with Crippen molar-refractivity contribution in [2.75, 3.05) is 13.1 Å². The molecule has 2 nitrogen and oxygen atoms in total. The summed E-state index contributed by atoms with van der Waals surface area (Å²) in [6, 6.07) is 8.14. The van der Waals surface area contributed by atoms with E-state index in [0.29, 0.717) is 0 Å². The molecule has 1 N–H and O–H groups in total. The molecular formula is C14H13ClN2. The lowest BCUT2D eigenvalue weighted by atomic mass is 9.99. The second-order valence-electron chi connectivity index (χ2n) is 4.21. The average molecular weight is 245 g/mol. The van der Waals surface area contributed by atoms with Crippen molar-refractivity contribution >= 4 is 28.1 Å². The highest BCUT2D eigenvalue weighted by Crippen LogP contribution is 2.26. The number of rotatable bonds is 1. The molecule has 0 aliphatic carbocycles. The molecule has 1 aliphatic rings. The summed E-state index contributed by atoms with van der Waals surface area (Å²) < 4.78 is 0. The lowest BCUT2D eigenvalue weighted by Crippen LogP contribution is -2.19. The molecule has 0 atom stereocenters. The normalized spacial score (nSPS) is 15.9. The van der Waals surface area contributed by atoms with Gasteiger partial charge in [-0.3, -0.25) is 4.98 Å². The van der Waals surface area contributed by atoms with E-state index < -0.39 is 0 Å². The van der Waals surface area contributed by atoms with Crippen molar-refractivity contribution in [2.24, 2.45) is 0 Å². The average Bonchev–Trinajstić information content (AvgIpc) is 2.40. The molecule has 0 saturated heterocycles. The van der Waals surface area contributed by atoms with Gasteiger partial charge in [-0.15, -0.1) is 0 Å². The minimum absolute atomic E-state index is 0.765. The Balaban J connectivity index is 2.10. The summed E-state index contributed by atoms with van der Waals surface area (Å²) in [5.74, 6) is 0.